The van der Waals surface area contributed by atoms with Gasteiger partial charge in [-0.25, -0.2) is 4.79 Å². The Hall–Kier alpha value is -2.30. The van der Waals surface area contributed by atoms with Gasteiger partial charge in [-0.05, 0) is 29.7 Å². The lowest BCUT2D eigenvalue weighted by Gasteiger charge is -2.03. The molecule has 0 bridgehead atoms. The van der Waals surface area contributed by atoms with Gasteiger partial charge < -0.3 is 15.4 Å². The Morgan fingerprint density at radius 1 is 1.37 bits per heavy atom. The van der Waals surface area contributed by atoms with Gasteiger partial charge in [-0.2, -0.15) is 0 Å². The van der Waals surface area contributed by atoms with Gasteiger partial charge in [-0.1, -0.05) is 13.8 Å². The van der Waals surface area contributed by atoms with Crippen molar-refractivity contribution in [3.8, 4) is 0 Å². The molecule has 0 atom stereocenters. The van der Waals surface area contributed by atoms with Crippen molar-refractivity contribution < 1.29 is 14.7 Å². The molecule has 1 heterocycles. The Labute approximate surface area is 110 Å². The molecule has 2 aromatic rings. The number of hydrogen-bond donors (Lipinski definition) is 2. The second-order valence-corrected chi connectivity index (χ2v) is 4.87. The van der Waals surface area contributed by atoms with Gasteiger partial charge in [0.15, 0.2) is 0 Å². The van der Waals surface area contributed by atoms with Crippen molar-refractivity contribution in [2.24, 2.45) is 5.73 Å². The molecular weight excluding hydrogens is 244 g/mol. The van der Waals surface area contributed by atoms with Crippen LogP contribution in [0.1, 0.15) is 35.7 Å². The number of hydrogen-bond acceptors (Lipinski definition) is 2. The first-order chi connectivity index (χ1) is 8.90. The summed E-state index contributed by atoms with van der Waals surface area (Å²) in [7, 11) is 0. The fourth-order valence-electron chi connectivity index (χ4n) is 2.22. The van der Waals surface area contributed by atoms with Crippen LogP contribution in [0.25, 0.3) is 10.9 Å². The molecule has 0 fully saturated rings. The first kappa shape index (κ1) is 13.1. The van der Waals surface area contributed by atoms with Gasteiger partial charge in [0.1, 0.15) is 6.54 Å². The smallest absolute Gasteiger partial charge is 0.335 e. The van der Waals surface area contributed by atoms with E-state index in [9.17, 15) is 9.59 Å². The number of carboxylic acid groups (broad SMARTS) is 1. The number of carboxylic acids is 1. The molecule has 5 heteroatoms. The van der Waals surface area contributed by atoms with Crippen molar-refractivity contribution in [3.63, 3.8) is 0 Å². The number of nitrogens with zero attached hydrogens (tertiary/aromatic N) is 1. The molecule has 100 valence electrons. The highest BCUT2D eigenvalue weighted by atomic mass is 16.4. The first-order valence-corrected chi connectivity index (χ1v) is 6.04. The minimum atomic E-state index is -0.959. The number of nitrogens with two attached hydrogens (primary N) is 1. The molecule has 2 rings (SSSR count). The number of carbonyl (C=O) groups excluding carboxylic acids is 1. The largest absolute Gasteiger partial charge is 0.478 e. The quantitative estimate of drug-likeness (QED) is 0.881. The Bertz CT molecular complexity index is 656. The number of aromatic carboxylic acids is 1. The van der Waals surface area contributed by atoms with E-state index in [0.717, 1.165) is 16.5 Å². The molecule has 1 aromatic carbocycles. The number of amides is 1. The van der Waals surface area contributed by atoms with E-state index in [1.807, 2.05) is 20.0 Å². The summed E-state index contributed by atoms with van der Waals surface area (Å²) in [6, 6.07) is 4.89. The second kappa shape index (κ2) is 4.76. The summed E-state index contributed by atoms with van der Waals surface area (Å²) in [6.07, 6.45) is 1.87. The molecule has 0 aliphatic rings. The minimum Gasteiger partial charge on any atom is -0.478 e. The summed E-state index contributed by atoms with van der Waals surface area (Å²) < 4.78 is 1.76. The molecule has 0 aliphatic carbocycles. The van der Waals surface area contributed by atoms with Crippen LogP contribution >= 0.6 is 0 Å². The number of fused-ring (bicyclic) bond motifs is 1. The third-order valence-corrected chi connectivity index (χ3v) is 3.11. The zero-order valence-corrected chi connectivity index (χ0v) is 10.9. The molecule has 0 spiro atoms. The van der Waals surface area contributed by atoms with Gasteiger partial charge >= 0.3 is 5.97 Å². The van der Waals surface area contributed by atoms with Crippen molar-refractivity contribution in [2.45, 2.75) is 26.3 Å². The Balaban J connectivity index is 2.67. The Kier molecular flexibility index (Phi) is 3.29. The molecule has 3 N–H and O–H groups in total. The molecular formula is C14H16N2O3. The Morgan fingerprint density at radius 2 is 2.05 bits per heavy atom. The van der Waals surface area contributed by atoms with Crippen molar-refractivity contribution in [3.05, 3.63) is 35.5 Å². The monoisotopic (exact) mass is 260 g/mol. The topological polar surface area (TPSA) is 85.3 Å². The fraction of sp³-hybridized carbons (Fsp3) is 0.286. The maximum absolute atomic E-state index is 11.1. The molecule has 0 saturated heterocycles. The van der Waals surface area contributed by atoms with Crippen LogP contribution in [0, 0.1) is 0 Å². The third-order valence-electron chi connectivity index (χ3n) is 3.11. The molecule has 0 radical (unpaired) electrons. The summed E-state index contributed by atoms with van der Waals surface area (Å²) in [4.78, 5) is 22.1. The van der Waals surface area contributed by atoms with Gasteiger partial charge in [0.2, 0.25) is 5.91 Å². The number of rotatable bonds is 4. The van der Waals surface area contributed by atoms with Crippen molar-refractivity contribution >= 4 is 22.8 Å². The lowest BCUT2D eigenvalue weighted by Crippen LogP contribution is -2.17. The van der Waals surface area contributed by atoms with E-state index >= 15 is 0 Å². The van der Waals surface area contributed by atoms with Crippen LogP contribution in [0.4, 0.5) is 0 Å². The zero-order valence-electron chi connectivity index (χ0n) is 10.9. The van der Waals surface area contributed by atoms with Crippen LogP contribution in [0.3, 0.4) is 0 Å². The lowest BCUT2D eigenvalue weighted by atomic mass is 10.0. The number of aromatic nitrogens is 1. The normalized spacial score (nSPS) is 11.1. The molecule has 1 amide bonds. The highest BCUT2D eigenvalue weighted by Gasteiger charge is 2.14. The van der Waals surface area contributed by atoms with Crippen LogP contribution < -0.4 is 5.73 Å². The molecule has 19 heavy (non-hydrogen) atoms. The molecule has 1 aromatic heterocycles. The van der Waals surface area contributed by atoms with Crippen molar-refractivity contribution in [1.82, 2.24) is 4.57 Å². The average molecular weight is 260 g/mol. The number of benzene rings is 1. The Morgan fingerprint density at radius 3 is 2.58 bits per heavy atom. The van der Waals surface area contributed by atoms with Crippen LogP contribution in [0.2, 0.25) is 0 Å². The molecule has 0 saturated carbocycles. The van der Waals surface area contributed by atoms with Gasteiger partial charge in [0.05, 0.1) is 5.56 Å². The second-order valence-electron chi connectivity index (χ2n) is 4.87. The van der Waals surface area contributed by atoms with Crippen LogP contribution in [-0.4, -0.2) is 21.6 Å². The highest BCUT2D eigenvalue weighted by molar-refractivity contribution is 5.95. The zero-order chi connectivity index (χ0) is 14.2. The number of carbonyl (C=O) groups is 2. The predicted molar refractivity (Wildman–Crippen MR) is 72.2 cm³/mol. The van der Waals surface area contributed by atoms with E-state index in [0.29, 0.717) is 0 Å². The van der Waals surface area contributed by atoms with Gasteiger partial charge in [0, 0.05) is 17.1 Å². The van der Waals surface area contributed by atoms with Crippen molar-refractivity contribution in [1.29, 1.82) is 0 Å². The van der Waals surface area contributed by atoms with E-state index in [1.54, 1.807) is 16.7 Å². The fourth-order valence-corrected chi connectivity index (χ4v) is 2.22. The van der Waals surface area contributed by atoms with Gasteiger partial charge in [-0.15, -0.1) is 0 Å². The number of primary amides is 1. The lowest BCUT2D eigenvalue weighted by molar-refractivity contribution is -0.118. The summed E-state index contributed by atoms with van der Waals surface area (Å²) in [5, 5.41) is 9.90. The van der Waals surface area contributed by atoms with Gasteiger partial charge in [-0.3, -0.25) is 4.79 Å². The first-order valence-electron chi connectivity index (χ1n) is 6.04. The van der Waals surface area contributed by atoms with Crippen LogP contribution in [0.5, 0.6) is 0 Å². The summed E-state index contributed by atoms with van der Waals surface area (Å²) in [5.74, 6) is -1.14. The maximum Gasteiger partial charge on any atom is 0.335 e. The van der Waals surface area contributed by atoms with Crippen LogP contribution in [-0.2, 0) is 11.3 Å². The standard InChI is InChI=1S/C14H16N2O3/c1-8(2)11-6-16(7-13(15)17)12-4-3-9(14(18)19)5-10(11)12/h3-6,8H,7H2,1-2H3,(H2,15,17)(H,18,19). The van der Waals surface area contributed by atoms with E-state index < -0.39 is 11.9 Å². The highest BCUT2D eigenvalue weighted by Crippen LogP contribution is 2.28. The predicted octanol–water partition coefficient (Wildman–Crippen LogP) is 1.95. The van der Waals surface area contributed by atoms with E-state index in [-0.39, 0.29) is 18.0 Å². The summed E-state index contributed by atoms with van der Waals surface area (Å²) in [6.45, 7) is 4.14. The van der Waals surface area contributed by atoms with Crippen LogP contribution in [0.15, 0.2) is 24.4 Å². The maximum atomic E-state index is 11.1. The van der Waals surface area contributed by atoms with Crippen molar-refractivity contribution in [2.75, 3.05) is 0 Å². The minimum absolute atomic E-state index is 0.0929. The molecule has 0 aliphatic heterocycles. The molecule has 0 unspecified atom stereocenters. The van der Waals surface area contributed by atoms with E-state index in [2.05, 4.69) is 0 Å². The average Bonchev–Trinajstić information content (AvgIpc) is 2.66. The van der Waals surface area contributed by atoms with Gasteiger partial charge in [0.25, 0.3) is 0 Å². The summed E-state index contributed by atoms with van der Waals surface area (Å²) in [5.41, 5.74) is 7.31. The van der Waals surface area contributed by atoms with E-state index in [1.165, 1.54) is 6.07 Å². The third kappa shape index (κ3) is 2.45. The molecule has 5 nitrogen and oxygen atoms in total. The summed E-state index contributed by atoms with van der Waals surface area (Å²) >= 11 is 0. The van der Waals surface area contributed by atoms with E-state index in [4.69, 9.17) is 10.8 Å². The SMILES string of the molecule is CC(C)c1cn(CC(N)=O)c2ccc(C(=O)O)cc12.